The monoisotopic (exact) mass is 253 g/mol. The fraction of sp³-hybridized carbons (Fsp3) is 1.00. The summed E-state index contributed by atoms with van der Waals surface area (Å²) in [4.78, 5) is 0. The zero-order valence-electron chi connectivity index (χ0n) is 12.1. The Hall–Kier alpha value is -0.0800. The second-order valence-electron chi connectivity index (χ2n) is 6.71. The van der Waals surface area contributed by atoms with Gasteiger partial charge in [0.25, 0.3) is 0 Å². The molecule has 1 saturated heterocycles. The van der Waals surface area contributed by atoms with Crippen molar-refractivity contribution in [2.24, 2.45) is 17.6 Å². The molecule has 2 rings (SSSR count). The molecule has 0 aromatic carbocycles. The first kappa shape index (κ1) is 14.3. The molecule has 1 aliphatic carbocycles. The summed E-state index contributed by atoms with van der Waals surface area (Å²) in [6.07, 6.45) is 13.2. The van der Waals surface area contributed by atoms with Crippen LogP contribution < -0.4 is 5.73 Å². The molecule has 2 N–H and O–H groups in total. The molecule has 0 unspecified atom stereocenters. The van der Waals surface area contributed by atoms with Crippen LogP contribution in [0.5, 0.6) is 0 Å². The quantitative estimate of drug-likeness (QED) is 0.807. The van der Waals surface area contributed by atoms with Crippen molar-refractivity contribution in [3.8, 4) is 0 Å². The summed E-state index contributed by atoms with van der Waals surface area (Å²) in [7, 11) is 0. The molecular formula is C16H31NO. The van der Waals surface area contributed by atoms with Crippen molar-refractivity contribution < 1.29 is 4.74 Å². The first-order valence-corrected chi connectivity index (χ1v) is 8.08. The fourth-order valence-electron chi connectivity index (χ4n) is 3.76. The second-order valence-corrected chi connectivity index (χ2v) is 6.71. The molecule has 2 heteroatoms. The van der Waals surface area contributed by atoms with Gasteiger partial charge in [-0.1, -0.05) is 26.2 Å². The molecule has 106 valence electrons. The van der Waals surface area contributed by atoms with Crippen molar-refractivity contribution in [3.63, 3.8) is 0 Å². The lowest BCUT2D eigenvalue weighted by atomic mass is 9.71. The number of hydrogen-bond acceptors (Lipinski definition) is 2. The summed E-state index contributed by atoms with van der Waals surface area (Å²) in [6.45, 7) is 4.21. The Kier molecular flexibility index (Phi) is 5.50. The minimum absolute atomic E-state index is 0.157. The van der Waals surface area contributed by atoms with E-state index in [1.807, 2.05) is 0 Å². The predicted molar refractivity (Wildman–Crippen MR) is 76.6 cm³/mol. The zero-order valence-corrected chi connectivity index (χ0v) is 12.1. The minimum Gasteiger partial charge on any atom is -0.381 e. The van der Waals surface area contributed by atoms with E-state index in [2.05, 4.69) is 6.92 Å². The molecule has 0 bridgehead atoms. The molecular weight excluding hydrogens is 222 g/mol. The van der Waals surface area contributed by atoms with Gasteiger partial charge in [-0.15, -0.1) is 0 Å². The molecule has 1 saturated carbocycles. The summed E-state index contributed by atoms with van der Waals surface area (Å²) in [5, 5.41) is 0. The minimum atomic E-state index is 0.157. The molecule has 0 aromatic rings. The lowest BCUT2D eigenvalue weighted by Crippen LogP contribution is -2.45. The largest absolute Gasteiger partial charge is 0.381 e. The molecule has 0 amide bonds. The Morgan fingerprint density at radius 2 is 1.72 bits per heavy atom. The summed E-state index contributed by atoms with van der Waals surface area (Å²) in [6, 6.07) is 0. The highest BCUT2D eigenvalue weighted by Crippen LogP contribution is 2.38. The SMILES string of the molecule is CCCCC1CCC(N)(CC2CCOCC2)CC1. The van der Waals surface area contributed by atoms with Gasteiger partial charge in [-0.25, -0.2) is 0 Å². The third-order valence-electron chi connectivity index (χ3n) is 5.10. The topological polar surface area (TPSA) is 35.2 Å². The Labute approximate surface area is 113 Å². The molecule has 0 atom stereocenters. The van der Waals surface area contributed by atoms with Crippen molar-refractivity contribution in [1.29, 1.82) is 0 Å². The van der Waals surface area contributed by atoms with Gasteiger partial charge < -0.3 is 10.5 Å². The average molecular weight is 253 g/mol. The molecule has 2 nitrogen and oxygen atoms in total. The molecule has 2 aliphatic rings. The van der Waals surface area contributed by atoms with E-state index >= 15 is 0 Å². The van der Waals surface area contributed by atoms with Gasteiger partial charge in [0.15, 0.2) is 0 Å². The van der Waals surface area contributed by atoms with E-state index in [9.17, 15) is 0 Å². The molecule has 1 aliphatic heterocycles. The van der Waals surface area contributed by atoms with Crippen LogP contribution in [-0.2, 0) is 4.74 Å². The molecule has 0 aromatic heterocycles. The summed E-state index contributed by atoms with van der Waals surface area (Å²) in [5.74, 6) is 1.80. The van der Waals surface area contributed by atoms with Crippen LogP contribution in [-0.4, -0.2) is 18.8 Å². The van der Waals surface area contributed by atoms with Crippen molar-refractivity contribution in [1.82, 2.24) is 0 Å². The van der Waals surface area contributed by atoms with Gasteiger partial charge in [0.2, 0.25) is 0 Å². The van der Waals surface area contributed by atoms with E-state index < -0.39 is 0 Å². The number of rotatable bonds is 5. The lowest BCUT2D eigenvalue weighted by Gasteiger charge is -2.40. The van der Waals surface area contributed by atoms with E-state index in [0.29, 0.717) is 0 Å². The summed E-state index contributed by atoms with van der Waals surface area (Å²) >= 11 is 0. The maximum atomic E-state index is 6.64. The number of hydrogen-bond donors (Lipinski definition) is 1. The average Bonchev–Trinajstić information content (AvgIpc) is 2.39. The maximum Gasteiger partial charge on any atom is 0.0468 e. The van der Waals surface area contributed by atoms with Crippen LogP contribution in [0.15, 0.2) is 0 Å². The highest BCUT2D eigenvalue weighted by atomic mass is 16.5. The van der Waals surface area contributed by atoms with Crippen LogP contribution in [0.1, 0.15) is 71.1 Å². The summed E-state index contributed by atoms with van der Waals surface area (Å²) < 4.78 is 5.44. The van der Waals surface area contributed by atoms with E-state index in [1.165, 1.54) is 64.2 Å². The summed E-state index contributed by atoms with van der Waals surface area (Å²) in [5.41, 5.74) is 6.80. The number of unbranched alkanes of at least 4 members (excludes halogenated alkanes) is 1. The standard InChI is InChI=1S/C16H31NO/c1-2-3-4-14-5-9-16(17,10-6-14)13-15-7-11-18-12-8-15/h14-15H,2-13,17H2,1H3. The van der Waals surface area contributed by atoms with Gasteiger partial charge in [0.05, 0.1) is 0 Å². The third kappa shape index (κ3) is 4.24. The van der Waals surface area contributed by atoms with Crippen molar-refractivity contribution in [3.05, 3.63) is 0 Å². The Morgan fingerprint density at radius 1 is 1.06 bits per heavy atom. The molecule has 18 heavy (non-hydrogen) atoms. The Balaban J connectivity index is 1.72. The fourth-order valence-corrected chi connectivity index (χ4v) is 3.76. The van der Waals surface area contributed by atoms with Crippen molar-refractivity contribution >= 4 is 0 Å². The molecule has 0 spiro atoms. The maximum absolute atomic E-state index is 6.64. The highest BCUT2D eigenvalue weighted by molar-refractivity contribution is 4.91. The van der Waals surface area contributed by atoms with Crippen LogP contribution in [0, 0.1) is 11.8 Å². The van der Waals surface area contributed by atoms with Gasteiger partial charge in [-0.2, -0.15) is 0 Å². The van der Waals surface area contributed by atoms with Crippen molar-refractivity contribution in [2.75, 3.05) is 13.2 Å². The van der Waals surface area contributed by atoms with Gasteiger partial charge in [0, 0.05) is 18.8 Å². The van der Waals surface area contributed by atoms with Crippen LogP contribution in [0.2, 0.25) is 0 Å². The molecule has 1 heterocycles. The normalized spacial score (nSPS) is 34.7. The molecule has 0 radical (unpaired) electrons. The predicted octanol–water partition coefficient (Wildman–Crippen LogP) is 3.88. The van der Waals surface area contributed by atoms with Gasteiger partial charge in [-0.3, -0.25) is 0 Å². The number of ether oxygens (including phenoxy) is 1. The zero-order chi connectivity index (χ0) is 12.8. The Bertz CT molecular complexity index is 227. The van der Waals surface area contributed by atoms with E-state index in [4.69, 9.17) is 10.5 Å². The number of nitrogens with two attached hydrogens (primary N) is 1. The van der Waals surface area contributed by atoms with Crippen LogP contribution in [0.3, 0.4) is 0 Å². The lowest BCUT2D eigenvalue weighted by molar-refractivity contribution is 0.0506. The van der Waals surface area contributed by atoms with Crippen LogP contribution in [0.4, 0.5) is 0 Å². The van der Waals surface area contributed by atoms with Crippen LogP contribution in [0.25, 0.3) is 0 Å². The van der Waals surface area contributed by atoms with Gasteiger partial charge in [0.1, 0.15) is 0 Å². The first-order valence-electron chi connectivity index (χ1n) is 8.08. The second kappa shape index (κ2) is 6.91. The Morgan fingerprint density at radius 3 is 2.33 bits per heavy atom. The van der Waals surface area contributed by atoms with E-state index in [-0.39, 0.29) is 5.54 Å². The van der Waals surface area contributed by atoms with Crippen molar-refractivity contribution in [2.45, 2.75) is 76.7 Å². The van der Waals surface area contributed by atoms with Gasteiger partial charge in [-0.05, 0) is 56.8 Å². The highest BCUT2D eigenvalue weighted by Gasteiger charge is 2.33. The van der Waals surface area contributed by atoms with Gasteiger partial charge >= 0.3 is 0 Å². The van der Waals surface area contributed by atoms with E-state index in [0.717, 1.165) is 25.0 Å². The first-order chi connectivity index (χ1) is 8.72. The molecule has 2 fully saturated rings. The van der Waals surface area contributed by atoms with Crippen LogP contribution >= 0.6 is 0 Å². The van der Waals surface area contributed by atoms with E-state index in [1.54, 1.807) is 0 Å². The smallest absolute Gasteiger partial charge is 0.0468 e. The third-order valence-corrected chi connectivity index (χ3v) is 5.10.